The number of halogens is 1. The van der Waals surface area contributed by atoms with Gasteiger partial charge in [-0.1, -0.05) is 41.9 Å². The molecular weight excluding hydrogens is 376 g/mol. The second-order valence-electron chi connectivity index (χ2n) is 7.50. The first-order chi connectivity index (χ1) is 13.4. The van der Waals surface area contributed by atoms with E-state index in [1.807, 2.05) is 54.1 Å². The van der Waals surface area contributed by atoms with Crippen LogP contribution in [0, 0.1) is 6.92 Å². The average Bonchev–Trinajstić information content (AvgIpc) is 2.71. The van der Waals surface area contributed by atoms with Gasteiger partial charge < -0.3 is 14.5 Å². The van der Waals surface area contributed by atoms with Gasteiger partial charge in [0.25, 0.3) is 5.91 Å². The molecule has 2 aromatic carbocycles. The van der Waals surface area contributed by atoms with Gasteiger partial charge in [-0.05, 0) is 42.7 Å². The maximum atomic E-state index is 13.1. The molecule has 0 aliphatic carbocycles. The summed E-state index contributed by atoms with van der Waals surface area (Å²) in [5.41, 5.74) is 2.00. The minimum Gasteiger partial charge on any atom is -0.364 e. The molecule has 0 saturated carbocycles. The molecule has 2 fully saturated rings. The lowest BCUT2D eigenvalue weighted by molar-refractivity contribution is -0.180. The number of hydrogen-bond acceptors (Lipinski definition) is 3. The number of carbonyl (C=O) groups is 2. The molecule has 2 atom stereocenters. The molecule has 0 aromatic heterocycles. The largest absolute Gasteiger partial charge is 0.364 e. The van der Waals surface area contributed by atoms with Gasteiger partial charge in [0.15, 0.2) is 0 Å². The summed E-state index contributed by atoms with van der Waals surface area (Å²) in [7, 11) is 1.84. The van der Waals surface area contributed by atoms with Gasteiger partial charge in [0.1, 0.15) is 12.7 Å². The summed E-state index contributed by atoms with van der Waals surface area (Å²) in [4.78, 5) is 29.2. The fourth-order valence-corrected chi connectivity index (χ4v) is 4.67. The number of fused-ring (bicyclic) bond motifs is 1. The van der Waals surface area contributed by atoms with Crippen molar-refractivity contribution in [3.8, 4) is 0 Å². The smallest absolute Gasteiger partial charge is 0.254 e. The lowest BCUT2D eigenvalue weighted by Gasteiger charge is -2.54. The first-order valence-corrected chi connectivity index (χ1v) is 9.80. The summed E-state index contributed by atoms with van der Waals surface area (Å²) in [6, 6.07) is 15.3. The number of rotatable bonds is 2. The third-order valence-corrected chi connectivity index (χ3v) is 6.28. The van der Waals surface area contributed by atoms with E-state index < -0.39 is 5.54 Å². The first kappa shape index (κ1) is 19.0. The molecule has 4 rings (SSSR count). The summed E-state index contributed by atoms with van der Waals surface area (Å²) in [6.45, 7) is 2.92. The zero-order chi connectivity index (χ0) is 19.9. The van der Waals surface area contributed by atoms with Crippen molar-refractivity contribution in [1.29, 1.82) is 0 Å². The number of hydrogen-bond donors (Lipinski definition) is 0. The summed E-state index contributed by atoms with van der Waals surface area (Å²) in [5, 5.41) is 0.617. The van der Waals surface area contributed by atoms with E-state index in [2.05, 4.69) is 0 Å². The van der Waals surface area contributed by atoms with Gasteiger partial charge in [-0.15, -0.1) is 0 Å². The van der Waals surface area contributed by atoms with Crippen molar-refractivity contribution >= 4 is 23.4 Å². The predicted molar refractivity (Wildman–Crippen MR) is 107 cm³/mol. The zero-order valence-electron chi connectivity index (χ0n) is 16.0. The highest BCUT2D eigenvalue weighted by atomic mass is 35.5. The Morgan fingerprint density at radius 3 is 2.68 bits per heavy atom. The van der Waals surface area contributed by atoms with Crippen LogP contribution >= 0.6 is 11.6 Å². The summed E-state index contributed by atoms with van der Waals surface area (Å²) < 4.78 is 5.98. The maximum Gasteiger partial charge on any atom is 0.254 e. The molecule has 2 amide bonds. The molecule has 2 aliphatic rings. The van der Waals surface area contributed by atoms with Crippen molar-refractivity contribution in [2.45, 2.75) is 25.0 Å². The van der Waals surface area contributed by atoms with Crippen molar-refractivity contribution in [2.24, 2.45) is 0 Å². The molecule has 2 aromatic rings. The lowest BCUT2D eigenvalue weighted by Crippen LogP contribution is -2.67. The van der Waals surface area contributed by atoms with Crippen LogP contribution in [0.5, 0.6) is 0 Å². The topological polar surface area (TPSA) is 49.9 Å². The monoisotopic (exact) mass is 398 g/mol. The Morgan fingerprint density at radius 2 is 1.96 bits per heavy atom. The Hall–Kier alpha value is -2.37. The second kappa shape index (κ2) is 7.22. The molecular formula is C22H23ClN2O3. The van der Waals surface area contributed by atoms with Crippen LogP contribution in [0.25, 0.3) is 0 Å². The number of carbonyl (C=O) groups excluding carboxylic acids is 2. The van der Waals surface area contributed by atoms with Gasteiger partial charge in [0.2, 0.25) is 5.91 Å². The van der Waals surface area contributed by atoms with Crippen LogP contribution in [0.2, 0.25) is 5.02 Å². The minimum absolute atomic E-state index is 0.0287. The standard InChI is InChI=1S/C22H23ClN2O3/c1-15-12-17(23)8-9-18(15)21(27)25-11-10-22(16-6-4-3-5-7-16)19(13-25)28-14-20(26)24(22)2/h3-9,12,19H,10-11,13-14H2,1-2H3/t19-,22+/m1/s1. The highest BCUT2D eigenvalue weighted by Gasteiger charge is 2.53. The van der Waals surface area contributed by atoms with Crippen LogP contribution in [0.3, 0.4) is 0 Å². The number of amides is 2. The van der Waals surface area contributed by atoms with E-state index in [-0.39, 0.29) is 24.5 Å². The number of likely N-dealkylation sites (N-methyl/N-ethyl adjacent to an activating group) is 1. The number of nitrogens with zero attached hydrogens (tertiary/aromatic N) is 2. The van der Waals surface area contributed by atoms with Crippen LogP contribution < -0.4 is 0 Å². The Morgan fingerprint density at radius 1 is 1.21 bits per heavy atom. The van der Waals surface area contributed by atoms with E-state index in [0.29, 0.717) is 30.1 Å². The Bertz CT molecular complexity index is 917. The van der Waals surface area contributed by atoms with Gasteiger partial charge in [-0.25, -0.2) is 0 Å². The molecule has 2 aliphatic heterocycles. The predicted octanol–water partition coefficient (Wildman–Crippen LogP) is 3.25. The molecule has 5 nitrogen and oxygen atoms in total. The van der Waals surface area contributed by atoms with Crippen LogP contribution in [0.1, 0.15) is 27.9 Å². The molecule has 0 radical (unpaired) electrons. The fraction of sp³-hybridized carbons (Fsp3) is 0.364. The molecule has 0 unspecified atom stereocenters. The van der Waals surface area contributed by atoms with Gasteiger partial charge in [0.05, 0.1) is 5.54 Å². The third-order valence-electron chi connectivity index (χ3n) is 6.04. The molecule has 0 bridgehead atoms. The zero-order valence-corrected chi connectivity index (χ0v) is 16.8. The molecule has 28 heavy (non-hydrogen) atoms. The van der Waals surface area contributed by atoms with Crippen molar-refractivity contribution in [3.63, 3.8) is 0 Å². The number of piperidine rings is 1. The fourth-order valence-electron chi connectivity index (χ4n) is 4.45. The number of likely N-dealkylation sites (tertiary alicyclic amines) is 1. The highest BCUT2D eigenvalue weighted by Crippen LogP contribution is 2.42. The normalized spacial score (nSPS) is 24.8. The van der Waals surface area contributed by atoms with Gasteiger partial charge in [-0.3, -0.25) is 9.59 Å². The van der Waals surface area contributed by atoms with Crippen molar-refractivity contribution in [1.82, 2.24) is 9.80 Å². The van der Waals surface area contributed by atoms with Crippen LogP contribution in [-0.4, -0.2) is 54.5 Å². The summed E-state index contributed by atoms with van der Waals surface area (Å²) in [6.07, 6.45) is 0.352. The third kappa shape index (κ3) is 2.99. The first-order valence-electron chi connectivity index (χ1n) is 9.42. The SMILES string of the molecule is Cc1cc(Cl)ccc1C(=O)N1CC[C@]2(c3ccccc3)[C@@H](C1)OCC(=O)N2C. The van der Waals surface area contributed by atoms with Crippen LogP contribution in [0.4, 0.5) is 0 Å². The van der Waals surface area contributed by atoms with Gasteiger partial charge >= 0.3 is 0 Å². The van der Waals surface area contributed by atoms with Gasteiger partial charge in [0, 0.05) is 30.7 Å². The Labute approximate surface area is 169 Å². The lowest BCUT2D eigenvalue weighted by atomic mass is 9.76. The minimum atomic E-state index is -0.553. The molecule has 0 N–H and O–H groups in total. The van der Waals surface area contributed by atoms with Crippen LogP contribution in [-0.2, 0) is 15.1 Å². The van der Waals surface area contributed by atoms with E-state index in [1.165, 1.54) is 0 Å². The molecule has 2 saturated heterocycles. The van der Waals surface area contributed by atoms with E-state index in [9.17, 15) is 9.59 Å². The van der Waals surface area contributed by atoms with Crippen molar-refractivity contribution < 1.29 is 14.3 Å². The Balaban J connectivity index is 1.66. The average molecular weight is 399 g/mol. The quantitative estimate of drug-likeness (QED) is 0.780. The van der Waals surface area contributed by atoms with E-state index in [1.54, 1.807) is 18.2 Å². The molecule has 0 spiro atoms. The Kier molecular flexibility index (Phi) is 4.89. The number of morpholine rings is 1. The molecule has 6 heteroatoms. The highest BCUT2D eigenvalue weighted by molar-refractivity contribution is 6.30. The number of aryl methyl sites for hydroxylation is 1. The van der Waals surface area contributed by atoms with Crippen LogP contribution in [0.15, 0.2) is 48.5 Å². The van der Waals surface area contributed by atoms with E-state index >= 15 is 0 Å². The van der Waals surface area contributed by atoms with E-state index in [0.717, 1.165) is 11.1 Å². The summed E-state index contributed by atoms with van der Waals surface area (Å²) in [5.74, 6) is -0.0626. The van der Waals surface area contributed by atoms with Crippen molar-refractivity contribution in [3.05, 3.63) is 70.2 Å². The van der Waals surface area contributed by atoms with Gasteiger partial charge in [-0.2, -0.15) is 0 Å². The summed E-state index contributed by atoms with van der Waals surface area (Å²) >= 11 is 6.03. The molecule has 2 heterocycles. The number of ether oxygens (including phenoxy) is 1. The molecule has 146 valence electrons. The van der Waals surface area contributed by atoms with E-state index in [4.69, 9.17) is 16.3 Å². The second-order valence-corrected chi connectivity index (χ2v) is 7.94. The van der Waals surface area contributed by atoms with Crippen molar-refractivity contribution in [2.75, 3.05) is 26.7 Å². The maximum absolute atomic E-state index is 13.1. The number of benzene rings is 2.